The first-order valence-corrected chi connectivity index (χ1v) is 9.75. The SMILES string of the molecule is C/C=C/C(=O)Oc1cc2c(s1)CCN([C@H](C(=O)OC)c1ccccc1Cl)C2. The second-order valence-corrected chi connectivity index (χ2v) is 7.61. The van der Waals surface area contributed by atoms with Gasteiger partial charge >= 0.3 is 11.9 Å². The molecule has 3 rings (SSSR count). The molecule has 0 bridgehead atoms. The molecule has 1 atom stereocenters. The summed E-state index contributed by atoms with van der Waals surface area (Å²) in [5, 5.41) is 1.10. The van der Waals surface area contributed by atoms with Gasteiger partial charge in [-0.15, -0.1) is 11.3 Å². The number of esters is 2. The molecule has 2 heterocycles. The van der Waals surface area contributed by atoms with Gasteiger partial charge in [0.05, 0.1) is 7.11 Å². The number of rotatable bonds is 5. The van der Waals surface area contributed by atoms with E-state index in [-0.39, 0.29) is 5.97 Å². The summed E-state index contributed by atoms with van der Waals surface area (Å²) in [5.41, 5.74) is 1.78. The molecule has 0 N–H and O–H groups in total. The third-order valence-corrected chi connectivity index (χ3v) is 5.83. The fourth-order valence-corrected chi connectivity index (χ4v) is 4.40. The van der Waals surface area contributed by atoms with Gasteiger partial charge in [-0.05, 0) is 36.6 Å². The van der Waals surface area contributed by atoms with Crippen LogP contribution in [0.3, 0.4) is 0 Å². The van der Waals surface area contributed by atoms with Crippen molar-refractivity contribution in [2.75, 3.05) is 13.7 Å². The molecule has 0 unspecified atom stereocenters. The summed E-state index contributed by atoms with van der Waals surface area (Å²) < 4.78 is 10.4. The fourth-order valence-electron chi connectivity index (χ4n) is 3.15. The first-order valence-electron chi connectivity index (χ1n) is 8.56. The van der Waals surface area contributed by atoms with Crippen LogP contribution in [0.5, 0.6) is 5.06 Å². The molecule has 0 saturated carbocycles. The lowest BCUT2D eigenvalue weighted by Gasteiger charge is -2.33. The Balaban J connectivity index is 1.84. The van der Waals surface area contributed by atoms with Gasteiger partial charge in [0.15, 0.2) is 5.06 Å². The predicted octanol–water partition coefficient (Wildman–Crippen LogP) is 4.16. The predicted molar refractivity (Wildman–Crippen MR) is 105 cm³/mol. The minimum absolute atomic E-state index is 0.346. The van der Waals surface area contributed by atoms with E-state index in [1.807, 2.05) is 29.2 Å². The largest absolute Gasteiger partial charge is 0.468 e. The van der Waals surface area contributed by atoms with Crippen LogP contribution in [0.15, 0.2) is 42.5 Å². The Hall–Kier alpha value is -2.15. The van der Waals surface area contributed by atoms with Gasteiger partial charge in [0, 0.05) is 29.1 Å². The van der Waals surface area contributed by atoms with Crippen molar-refractivity contribution < 1.29 is 19.1 Å². The van der Waals surface area contributed by atoms with Crippen LogP contribution in [-0.4, -0.2) is 30.5 Å². The Labute approximate surface area is 167 Å². The van der Waals surface area contributed by atoms with Crippen molar-refractivity contribution in [1.82, 2.24) is 4.90 Å². The van der Waals surface area contributed by atoms with Gasteiger partial charge in [0.1, 0.15) is 6.04 Å². The van der Waals surface area contributed by atoms with Crippen LogP contribution in [-0.2, 0) is 27.3 Å². The number of hydrogen-bond acceptors (Lipinski definition) is 6. The molecular weight excluding hydrogens is 386 g/mol. The number of halogens is 1. The maximum Gasteiger partial charge on any atom is 0.336 e. The Morgan fingerprint density at radius 1 is 1.33 bits per heavy atom. The molecule has 7 heteroatoms. The van der Waals surface area contributed by atoms with E-state index in [9.17, 15) is 9.59 Å². The zero-order valence-electron chi connectivity index (χ0n) is 15.1. The van der Waals surface area contributed by atoms with Gasteiger partial charge < -0.3 is 9.47 Å². The summed E-state index contributed by atoms with van der Waals surface area (Å²) in [5.74, 6) is -0.738. The Morgan fingerprint density at radius 2 is 2.11 bits per heavy atom. The number of fused-ring (bicyclic) bond motifs is 1. The highest BCUT2D eigenvalue weighted by Crippen LogP contribution is 2.37. The van der Waals surface area contributed by atoms with E-state index in [1.165, 1.54) is 24.5 Å². The van der Waals surface area contributed by atoms with Crippen molar-refractivity contribution in [2.45, 2.75) is 25.9 Å². The highest BCUT2D eigenvalue weighted by atomic mass is 35.5. The van der Waals surface area contributed by atoms with E-state index in [0.29, 0.717) is 23.2 Å². The van der Waals surface area contributed by atoms with Crippen LogP contribution >= 0.6 is 22.9 Å². The molecule has 0 saturated heterocycles. The summed E-state index contributed by atoms with van der Waals surface area (Å²) in [7, 11) is 1.38. The van der Waals surface area contributed by atoms with Crippen molar-refractivity contribution in [1.29, 1.82) is 0 Å². The lowest BCUT2D eigenvalue weighted by molar-refractivity contribution is -0.147. The summed E-state index contributed by atoms with van der Waals surface area (Å²) >= 11 is 7.80. The van der Waals surface area contributed by atoms with E-state index in [1.54, 1.807) is 19.1 Å². The molecule has 1 aliphatic rings. The Bertz CT molecular complexity index is 877. The van der Waals surface area contributed by atoms with Crippen LogP contribution < -0.4 is 4.74 Å². The molecule has 27 heavy (non-hydrogen) atoms. The normalized spacial score (nSPS) is 15.4. The molecule has 2 aromatic rings. The number of methoxy groups -OCH3 is 1. The van der Waals surface area contributed by atoms with E-state index < -0.39 is 12.0 Å². The monoisotopic (exact) mass is 405 g/mol. The zero-order valence-corrected chi connectivity index (χ0v) is 16.7. The minimum Gasteiger partial charge on any atom is -0.468 e. The number of ether oxygens (including phenoxy) is 2. The number of allylic oxidation sites excluding steroid dienone is 1. The van der Waals surface area contributed by atoms with Crippen LogP contribution in [0.4, 0.5) is 0 Å². The standard InChI is InChI=1S/C20H20ClNO4S/c1-3-6-17(23)26-18-11-13-12-22(10-9-16(13)27-18)19(20(24)25-2)14-7-4-5-8-15(14)21/h3-8,11,19H,9-10,12H2,1-2H3/b6-3+/t19-/m0/s1. The summed E-state index contributed by atoms with van der Waals surface area (Å²) in [6.07, 6.45) is 3.79. The lowest BCUT2D eigenvalue weighted by atomic mass is 10.0. The van der Waals surface area contributed by atoms with Gasteiger partial charge in [-0.1, -0.05) is 35.9 Å². The van der Waals surface area contributed by atoms with Gasteiger partial charge in [-0.25, -0.2) is 9.59 Å². The van der Waals surface area contributed by atoms with E-state index in [4.69, 9.17) is 21.1 Å². The smallest absolute Gasteiger partial charge is 0.336 e. The molecule has 142 valence electrons. The number of carbonyl (C=O) groups is 2. The molecule has 1 aromatic carbocycles. The first-order chi connectivity index (χ1) is 13.0. The molecule has 5 nitrogen and oxygen atoms in total. The topological polar surface area (TPSA) is 55.8 Å². The van der Waals surface area contributed by atoms with Crippen LogP contribution in [0.25, 0.3) is 0 Å². The average molecular weight is 406 g/mol. The van der Waals surface area contributed by atoms with Crippen molar-refractivity contribution in [3.05, 3.63) is 63.5 Å². The Morgan fingerprint density at radius 3 is 2.81 bits per heavy atom. The fraction of sp³-hybridized carbons (Fsp3) is 0.300. The zero-order chi connectivity index (χ0) is 19.4. The minimum atomic E-state index is -0.578. The molecule has 0 spiro atoms. The quantitative estimate of drug-likeness (QED) is 0.552. The van der Waals surface area contributed by atoms with Crippen LogP contribution in [0.2, 0.25) is 5.02 Å². The van der Waals surface area contributed by atoms with Crippen molar-refractivity contribution in [3.63, 3.8) is 0 Å². The van der Waals surface area contributed by atoms with Crippen LogP contribution in [0.1, 0.15) is 29.0 Å². The summed E-state index contributed by atoms with van der Waals surface area (Å²) in [4.78, 5) is 27.4. The lowest BCUT2D eigenvalue weighted by Crippen LogP contribution is -2.38. The number of benzene rings is 1. The highest BCUT2D eigenvalue weighted by molar-refractivity contribution is 7.14. The van der Waals surface area contributed by atoms with Crippen molar-refractivity contribution >= 4 is 34.9 Å². The molecule has 0 fully saturated rings. The molecule has 0 aliphatic carbocycles. The highest BCUT2D eigenvalue weighted by Gasteiger charge is 2.33. The second-order valence-electron chi connectivity index (χ2n) is 6.10. The third kappa shape index (κ3) is 4.40. The van der Waals surface area contributed by atoms with Crippen molar-refractivity contribution in [2.24, 2.45) is 0 Å². The van der Waals surface area contributed by atoms with Gasteiger partial charge in [-0.2, -0.15) is 0 Å². The molecule has 0 amide bonds. The molecular formula is C20H20ClNO4S. The summed E-state index contributed by atoms with van der Waals surface area (Å²) in [6.45, 7) is 3.00. The average Bonchev–Trinajstić information content (AvgIpc) is 3.04. The van der Waals surface area contributed by atoms with E-state index >= 15 is 0 Å². The number of thiophene rings is 1. The van der Waals surface area contributed by atoms with Gasteiger partial charge in [0.25, 0.3) is 0 Å². The van der Waals surface area contributed by atoms with E-state index in [0.717, 1.165) is 22.4 Å². The Kier molecular flexibility index (Phi) is 6.31. The van der Waals surface area contributed by atoms with Crippen LogP contribution in [0, 0.1) is 0 Å². The number of hydrogen-bond donors (Lipinski definition) is 0. The first kappa shape index (κ1) is 19.6. The maximum atomic E-state index is 12.5. The number of nitrogens with zero attached hydrogens (tertiary/aromatic N) is 1. The third-order valence-electron chi connectivity index (χ3n) is 4.37. The molecule has 1 aromatic heterocycles. The van der Waals surface area contributed by atoms with Gasteiger partial charge in [-0.3, -0.25) is 4.90 Å². The van der Waals surface area contributed by atoms with Gasteiger partial charge in [0.2, 0.25) is 0 Å². The van der Waals surface area contributed by atoms with Crippen molar-refractivity contribution in [3.8, 4) is 5.06 Å². The second kappa shape index (κ2) is 8.69. The molecule has 1 aliphatic heterocycles. The summed E-state index contributed by atoms with van der Waals surface area (Å²) in [6, 6.07) is 8.59. The maximum absolute atomic E-state index is 12.5. The van der Waals surface area contributed by atoms with E-state index in [2.05, 4.69) is 0 Å². The number of carbonyl (C=O) groups excluding carboxylic acids is 2. The molecule has 0 radical (unpaired) electrons.